The molecule has 0 unspecified atom stereocenters. The molecule has 0 amide bonds. The molecule has 72 valence electrons. The molecule has 0 saturated carbocycles. The van der Waals surface area contributed by atoms with E-state index in [0.717, 1.165) is 0 Å². The van der Waals surface area contributed by atoms with Crippen molar-refractivity contribution in [1.29, 1.82) is 0 Å². The van der Waals surface area contributed by atoms with Crippen molar-refractivity contribution in [3.8, 4) is 17.1 Å². The molecule has 2 nitrogen and oxygen atoms in total. The van der Waals surface area contributed by atoms with Crippen molar-refractivity contribution >= 4 is 23.2 Å². The van der Waals surface area contributed by atoms with Crippen LogP contribution in [-0.2, 0) is 0 Å². The van der Waals surface area contributed by atoms with Gasteiger partial charge in [0, 0.05) is 5.02 Å². The highest BCUT2D eigenvalue weighted by atomic mass is 35.5. The Bertz CT molecular complexity index is 449. The maximum absolute atomic E-state index is 9.64. The standard InChI is InChI=1S/C10H6Cl2O2/c11-6-4-7(9-2-1-3-14-9)10(13)8(12)5-6/h1-5,13H. The van der Waals surface area contributed by atoms with Crippen LogP contribution >= 0.6 is 23.2 Å². The van der Waals surface area contributed by atoms with E-state index in [1.807, 2.05) is 0 Å². The normalized spacial score (nSPS) is 10.4. The van der Waals surface area contributed by atoms with Crippen molar-refractivity contribution < 1.29 is 9.52 Å². The smallest absolute Gasteiger partial charge is 0.145 e. The largest absolute Gasteiger partial charge is 0.506 e. The zero-order valence-corrected chi connectivity index (χ0v) is 8.51. The van der Waals surface area contributed by atoms with Gasteiger partial charge in [0.2, 0.25) is 0 Å². The molecule has 1 aromatic heterocycles. The number of hydrogen-bond donors (Lipinski definition) is 1. The lowest BCUT2D eigenvalue weighted by Gasteiger charge is -2.03. The number of aromatic hydroxyl groups is 1. The second kappa shape index (κ2) is 3.56. The van der Waals surface area contributed by atoms with Crippen LogP contribution in [0.2, 0.25) is 10.0 Å². The van der Waals surface area contributed by atoms with Crippen LogP contribution in [0.1, 0.15) is 0 Å². The summed E-state index contributed by atoms with van der Waals surface area (Å²) in [7, 11) is 0. The van der Waals surface area contributed by atoms with Gasteiger partial charge in [0.05, 0.1) is 16.8 Å². The van der Waals surface area contributed by atoms with Crippen LogP contribution in [0.4, 0.5) is 0 Å². The lowest BCUT2D eigenvalue weighted by molar-refractivity contribution is 0.474. The van der Waals surface area contributed by atoms with Gasteiger partial charge in [-0.25, -0.2) is 0 Å². The fourth-order valence-electron chi connectivity index (χ4n) is 1.19. The SMILES string of the molecule is Oc1c(Cl)cc(Cl)cc1-c1ccco1. The summed E-state index contributed by atoms with van der Waals surface area (Å²) in [6.07, 6.45) is 1.52. The van der Waals surface area contributed by atoms with E-state index in [2.05, 4.69) is 0 Å². The molecular weight excluding hydrogens is 223 g/mol. The molecule has 0 radical (unpaired) electrons. The molecule has 4 heteroatoms. The van der Waals surface area contributed by atoms with Crippen molar-refractivity contribution in [3.63, 3.8) is 0 Å². The van der Waals surface area contributed by atoms with E-state index in [0.29, 0.717) is 16.3 Å². The molecule has 0 spiro atoms. The Labute approximate surface area is 90.7 Å². The van der Waals surface area contributed by atoms with Crippen molar-refractivity contribution in [2.45, 2.75) is 0 Å². The highest BCUT2D eigenvalue weighted by Gasteiger charge is 2.11. The highest BCUT2D eigenvalue weighted by Crippen LogP contribution is 2.37. The van der Waals surface area contributed by atoms with Crippen LogP contribution in [0.5, 0.6) is 5.75 Å². The van der Waals surface area contributed by atoms with Gasteiger partial charge >= 0.3 is 0 Å². The van der Waals surface area contributed by atoms with Crippen LogP contribution in [0, 0.1) is 0 Å². The predicted octanol–water partition coefficient (Wildman–Crippen LogP) is 3.96. The Morgan fingerprint density at radius 2 is 2.00 bits per heavy atom. The Kier molecular flexibility index (Phi) is 2.40. The Morgan fingerprint density at radius 3 is 2.64 bits per heavy atom. The molecule has 2 aromatic rings. The monoisotopic (exact) mass is 228 g/mol. The van der Waals surface area contributed by atoms with Crippen molar-refractivity contribution in [2.75, 3.05) is 0 Å². The van der Waals surface area contributed by atoms with Crippen LogP contribution in [0.25, 0.3) is 11.3 Å². The summed E-state index contributed by atoms with van der Waals surface area (Å²) < 4.78 is 5.13. The molecule has 14 heavy (non-hydrogen) atoms. The van der Waals surface area contributed by atoms with Gasteiger partial charge in [-0.3, -0.25) is 0 Å². The summed E-state index contributed by atoms with van der Waals surface area (Å²) in [5.74, 6) is 0.512. The molecule has 2 rings (SSSR count). The van der Waals surface area contributed by atoms with E-state index < -0.39 is 0 Å². The van der Waals surface area contributed by atoms with E-state index in [1.165, 1.54) is 12.3 Å². The van der Waals surface area contributed by atoms with Gasteiger partial charge in [0.1, 0.15) is 11.5 Å². The topological polar surface area (TPSA) is 33.4 Å². The molecule has 1 N–H and O–H groups in total. The second-order valence-corrected chi connectivity index (χ2v) is 3.60. The molecule has 0 fully saturated rings. The van der Waals surface area contributed by atoms with Crippen molar-refractivity contribution in [2.24, 2.45) is 0 Å². The summed E-state index contributed by atoms with van der Waals surface area (Å²) in [5, 5.41) is 10.3. The maximum Gasteiger partial charge on any atom is 0.145 e. The minimum absolute atomic E-state index is 0.0222. The first-order valence-corrected chi connectivity index (χ1v) is 4.66. The predicted molar refractivity (Wildman–Crippen MR) is 55.8 cm³/mol. The number of hydrogen-bond acceptors (Lipinski definition) is 2. The first-order chi connectivity index (χ1) is 6.68. The third-order valence-electron chi connectivity index (χ3n) is 1.81. The number of phenols is 1. The molecule has 0 atom stereocenters. The zero-order chi connectivity index (χ0) is 10.1. The summed E-state index contributed by atoms with van der Waals surface area (Å²) in [5.41, 5.74) is 0.493. The average Bonchev–Trinajstić information content (AvgIpc) is 2.63. The second-order valence-electron chi connectivity index (χ2n) is 2.76. The van der Waals surface area contributed by atoms with E-state index in [9.17, 15) is 5.11 Å². The van der Waals surface area contributed by atoms with Gasteiger partial charge in [-0.1, -0.05) is 23.2 Å². The van der Waals surface area contributed by atoms with E-state index in [4.69, 9.17) is 27.6 Å². The van der Waals surface area contributed by atoms with Crippen LogP contribution in [-0.4, -0.2) is 5.11 Å². The average molecular weight is 229 g/mol. The van der Waals surface area contributed by atoms with Gasteiger partial charge in [0.15, 0.2) is 0 Å². The fraction of sp³-hybridized carbons (Fsp3) is 0. The minimum atomic E-state index is -0.0222. The Hall–Kier alpha value is -1.12. The van der Waals surface area contributed by atoms with Gasteiger partial charge in [-0.05, 0) is 24.3 Å². The van der Waals surface area contributed by atoms with E-state index in [-0.39, 0.29) is 10.8 Å². The highest BCUT2D eigenvalue weighted by molar-refractivity contribution is 6.36. The lowest BCUT2D eigenvalue weighted by atomic mass is 10.1. The zero-order valence-electron chi connectivity index (χ0n) is 7.00. The summed E-state index contributed by atoms with van der Waals surface area (Å²) in [4.78, 5) is 0. The number of benzene rings is 1. The molecule has 0 aliphatic heterocycles. The van der Waals surface area contributed by atoms with Gasteiger partial charge < -0.3 is 9.52 Å². The minimum Gasteiger partial charge on any atom is -0.506 e. The number of halogens is 2. The Morgan fingerprint density at radius 1 is 1.21 bits per heavy atom. The van der Waals surface area contributed by atoms with Crippen LogP contribution in [0.15, 0.2) is 34.9 Å². The fourth-order valence-corrected chi connectivity index (χ4v) is 1.68. The third-order valence-corrected chi connectivity index (χ3v) is 2.32. The summed E-state index contributed by atoms with van der Waals surface area (Å²) >= 11 is 11.6. The van der Waals surface area contributed by atoms with Crippen molar-refractivity contribution in [3.05, 3.63) is 40.6 Å². The van der Waals surface area contributed by atoms with E-state index in [1.54, 1.807) is 18.2 Å². The van der Waals surface area contributed by atoms with Gasteiger partial charge in [-0.2, -0.15) is 0 Å². The van der Waals surface area contributed by atoms with Crippen molar-refractivity contribution in [1.82, 2.24) is 0 Å². The summed E-state index contributed by atoms with van der Waals surface area (Å²) in [6, 6.07) is 6.53. The Balaban J connectivity index is 2.64. The van der Waals surface area contributed by atoms with Gasteiger partial charge in [0.25, 0.3) is 0 Å². The molecule has 0 aliphatic rings. The number of furan rings is 1. The molecular formula is C10H6Cl2O2. The molecule has 0 saturated heterocycles. The maximum atomic E-state index is 9.64. The molecule has 1 heterocycles. The first kappa shape index (κ1) is 9.44. The lowest BCUT2D eigenvalue weighted by Crippen LogP contribution is -1.78. The first-order valence-electron chi connectivity index (χ1n) is 3.90. The molecule has 1 aromatic carbocycles. The molecule has 0 aliphatic carbocycles. The van der Waals surface area contributed by atoms with Crippen LogP contribution < -0.4 is 0 Å². The molecule has 0 bridgehead atoms. The van der Waals surface area contributed by atoms with Crippen LogP contribution in [0.3, 0.4) is 0 Å². The number of rotatable bonds is 1. The third kappa shape index (κ3) is 1.59. The number of phenolic OH excluding ortho intramolecular Hbond substituents is 1. The van der Waals surface area contributed by atoms with Gasteiger partial charge in [-0.15, -0.1) is 0 Å². The quantitative estimate of drug-likeness (QED) is 0.802. The van der Waals surface area contributed by atoms with E-state index >= 15 is 0 Å². The summed E-state index contributed by atoms with van der Waals surface area (Å²) in [6.45, 7) is 0.